The molecule has 0 bridgehead atoms. The van der Waals surface area contributed by atoms with Crippen LogP contribution in [-0.4, -0.2) is 25.7 Å². The lowest BCUT2D eigenvalue weighted by Gasteiger charge is -2.17. The number of sulfonamides is 1. The molecule has 8 heteroatoms. The van der Waals surface area contributed by atoms with E-state index in [1.165, 1.54) is 7.11 Å². The first kappa shape index (κ1) is 20.9. The van der Waals surface area contributed by atoms with E-state index in [2.05, 4.69) is 10.1 Å². The molecule has 0 atom stereocenters. The highest BCUT2D eigenvalue weighted by Crippen LogP contribution is 2.39. The normalized spacial score (nSPS) is 11.6. The molecule has 1 heterocycles. The molecule has 2 N–H and O–H groups in total. The molecule has 0 amide bonds. The van der Waals surface area contributed by atoms with Gasteiger partial charge in [0.05, 0.1) is 17.1 Å². The number of primary sulfonamides is 1. The first-order valence-electron chi connectivity index (χ1n) is 9.53. The second kappa shape index (κ2) is 8.43. The Morgan fingerprint density at radius 1 is 1.00 bits per heavy atom. The first-order valence-corrected chi connectivity index (χ1v) is 11.1. The third-order valence-electron chi connectivity index (χ3n) is 4.94. The predicted octanol–water partition coefficient (Wildman–Crippen LogP) is 4.17. The van der Waals surface area contributed by atoms with E-state index < -0.39 is 10.0 Å². The fourth-order valence-electron chi connectivity index (χ4n) is 3.68. The van der Waals surface area contributed by atoms with E-state index in [0.717, 1.165) is 16.7 Å². The van der Waals surface area contributed by atoms with Crippen molar-refractivity contribution in [3.8, 4) is 34.0 Å². The summed E-state index contributed by atoms with van der Waals surface area (Å²) in [5, 5.41) is 9.67. The average molecular weight is 436 g/mol. The van der Waals surface area contributed by atoms with Gasteiger partial charge in [0.2, 0.25) is 15.8 Å². The van der Waals surface area contributed by atoms with E-state index in [9.17, 15) is 8.42 Å². The highest BCUT2D eigenvalue weighted by Gasteiger charge is 2.26. The molecule has 0 radical (unpaired) electrons. The summed E-state index contributed by atoms with van der Waals surface area (Å²) in [6.07, 6.45) is 0. The lowest BCUT2D eigenvalue weighted by atomic mass is 9.93. The Bertz CT molecular complexity index is 1320. The molecule has 0 fully saturated rings. The standard InChI is InChI=1S/C23H21N3O4S/c1-15-20(23-25-22(26-30-23)17-11-7-4-8-12-17)19(16-9-5-3-6-10-16)13-18(14-29-2)21(15)31(24,27)28/h3-13H,14H2,1-2H3,(H2,24,27,28). The number of methoxy groups -OCH3 is 1. The lowest BCUT2D eigenvalue weighted by Crippen LogP contribution is -2.17. The Hall–Kier alpha value is -3.33. The summed E-state index contributed by atoms with van der Waals surface area (Å²) < 4.78 is 35.8. The Morgan fingerprint density at radius 3 is 2.19 bits per heavy atom. The average Bonchev–Trinajstić information content (AvgIpc) is 3.23. The first-order chi connectivity index (χ1) is 14.9. The van der Waals surface area contributed by atoms with Crippen molar-refractivity contribution in [1.29, 1.82) is 0 Å². The van der Waals surface area contributed by atoms with Gasteiger partial charge in [0.25, 0.3) is 5.89 Å². The van der Waals surface area contributed by atoms with Gasteiger partial charge in [-0.2, -0.15) is 4.98 Å². The number of nitrogens with zero attached hydrogens (tertiary/aromatic N) is 2. The van der Waals surface area contributed by atoms with Crippen LogP contribution in [0.2, 0.25) is 0 Å². The van der Waals surface area contributed by atoms with E-state index in [1.807, 2.05) is 60.7 Å². The third kappa shape index (κ3) is 4.13. The quantitative estimate of drug-likeness (QED) is 0.487. The van der Waals surface area contributed by atoms with Crippen molar-refractivity contribution in [3.05, 3.63) is 77.9 Å². The maximum absolute atomic E-state index is 12.5. The van der Waals surface area contributed by atoms with Crippen molar-refractivity contribution in [2.45, 2.75) is 18.4 Å². The molecule has 7 nitrogen and oxygen atoms in total. The molecule has 0 saturated heterocycles. The van der Waals surface area contributed by atoms with Gasteiger partial charge in [-0.1, -0.05) is 65.8 Å². The SMILES string of the molecule is COCc1cc(-c2ccccc2)c(-c2nc(-c3ccccc3)no2)c(C)c1S(N)(=O)=O. The summed E-state index contributed by atoms with van der Waals surface area (Å²) in [6, 6.07) is 20.7. The number of rotatable bonds is 6. The predicted molar refractivity (Wildman–Crippen MR) is 117 cm³/mol. The molecule has 158 valence electrons. The van der Waals surface area contributed by atoms with Gasteiger partial charge in [-0.05, 0) is 35.2 Å². The number of benzene rings is 3. The molecule has 31 heavy (non-hydrogen) atoms. The topological polar surface area (TPSA) is 108 Å². The van der Waals surface area contributed by atoms with Crippen LogP contribution in [0.15, 0.2) is 76.1 Å². The van der Waals surface area contributed by atoms with Crippen LogP contribution in [0.5, 0.6) is 0 Å². The van der Waals surface area contributed by atoms with E-state index in [-0.39, 0.29) is 17.4 Å². The van der Waals surface area contributed by atoms with Gasteiger partial charge in [0.15, 0.2) is 0 Å². The summed E-state index contributed by atoms with van der Waals surface area (Å²) in [5.41, 5.74) is 3.83. The Morgan fingerprint density at radius 2 is 1.61 bits per heavy atom. The van der Waals surface area contributed by atoms with Crippen molar-refractivity contribution in [3.63, 3.8) is 0 Å². The monoisotopic (exact) mass is 435 g/mol. The van der Waals surface area contributed by atoms with Gasteiger partial charge in [-0.25, -0.2) is 13.6 Å². The molecule has 0 unspecified atom stereocenters. The number of ether oxygens (including phenoxy) is 1. The molecule has 0 aliphatic carbocycles. The summed E-state index contributed by atoms with van der Waals surface area (Å²) in [7, 11) is -2.53. The number of aromatic nitrogens is 2. The maximum Gasteiger partial charge on any atom is 0.259 e. The van der Waals surface area contributed by atoms with Gasteiger partial charge in [-0.3, -0.25) is 0 Å². The maximum atomic E-state index is 12.5. The smallest absolute Gasteiger partial charge is 0.259 e. The summed E-state index contributed by atoms with van der Waals surface area (Å²) >= 11 is 0. The zero-order chi connectivity index (χ0) is 22.0. The molecular weight excluding hydrogens is 414 g/mol. The summed E-state index contributed by atoms with van der Waals surface area (Å²) in [5.74, 6) is 0.621. The van der Waals surface area contributed by atoms with Crippen LogP contribution in [0.1, 0.15) is 11.1 Å². The van der Waals surface area contributed by atoms with Crippen LogP contribution >= 0.6 is 0 Å². The minimum Gasteiger partial charge on any atom is -0.380 e. The van der Waals surface area contributed by atoms with Crippen LogP contribution < -0.4 is 5.14 Å². The molecular formula is C23H21N3O4S. The number of hydrogen-bond acceptors (Lipinski definition) is 6. The minimum absolute atomic E-state index is 0.00323. The van der Waals surface area contributed by atoms with Crippen molar-refractivity contribution in [2.24, 2.45) is 5.14 Å². The van der Waals surface area contributed by atoms with Crippen molar-refractivity contribution < 1.29 is 17.7 Å². The van der Waals surface area contributed by atoms with Crippen LogP contribution in [0.4, 0.5) is 0 Å². The Balaban J connectivity index is 2.01. The lowest BCUT2D eigenvalue weighted by molar-refractivity contribution is 0.182. The summed E-state index contributed by atoms with van der Waals surface area (Å²) in [6.45, 7) is 1.78. The van der Waals surface area contributed by atoms with E-state index in [4.69, 9.17) is 14.4 Å². The van der Waals surface area contributed by atoms with E-state index in [1.54, 1.807) is 13.0 Å². The highest BCUT2D eigenvalue weighted by molar-refractivity contribution is 7.89. The second-order valence-electron chi connectivity index (χ2n) is 7.05. The van der Waals surface area contributed by atoms with Gasteiger partial charge < -0.3 is 9.26 Å². The van der Waals surface area contributed by atoms with E-state index in [0.29, 0.717) is 22.5 Å². The van der Waals surface area contributed by atoms with Gasteiger partial charge in [-0.15, -0.1) is 0 Å². The molecule has 4 aromatic rings. The van der Waals surface area contributed by atoms with Gasteiger partial charge in [0, 0.05) is 12.7 Å². The van der Waals surface area contributed by atoms with Crippen LogP contribution in [0, 0.1) is 6.92 Å². The number of nitrogens with two attached hydrogens (primary N) is 1. The van der Waals surface area contributed by atoms with Crippen LogP contribution in [0.3, 0.4) is 0 Å². The van der Waals surface area contributed by atoms with Crippen molar-refractivity contribution in [1.82, 2.24) is 10.1 Å². The van der Waals surface area contributed by atoms with Crippen LogP contribution in [-0.2, 0) is 21.4 Å². The zero-order valence-corrected chi connectivity index (χ0v) is 17.9. The molecule has 3 aromatic carbocycles. The second-order valence-corrected chi connectivity index (χ2v) is 8.54. The van der Waals surface area contributed by atoms with Gasteiger partial charge in [0.1, 0.15) is 0 Å². The van der Waals surface area contributed by atoms with Crippen molar-refractivity contribution >= 4 is 10.0 Å². The molecule has 0 saturated carbocycles. The minimum atomic E-state index is -4.03. The zero-order valence-electron chi connectivity index (χ0n) is 17.1. The Labute approximate surface area is 180 Å². The molecule has 0 aliphatic heterocycles. The van der Waals surface area contributed by atoms with Crippen LogP contribution in [0.25, 0.3) is 34.0 Å². The largest absolute Gasteiger partial charge is 0.380 e. The molecule has 1 aromatic heterocycles. The highest BCUT2D eigenvalue weighted by atomic mass is 32.2. The summed E-state index contributed by atoms with van der Waals surface area (Å²) in [4.78, 5) is 4.56. The molecule has 4 rings (SSSR count). The Kier molecular flexibility index (Phi) is 5.69. The van der Waals surface area contributed by atoms with Gasteiger partial charge >= 0.3 is 0 Å². The van der Waals surface area contributed by atoms with Crippen molar-refractivity contribution in [2.75, 3.05) is 7.11 Å². The fourth-order valence-corrected chi connectivity index (χ4v) is 4.69. The third-order valence-corrected chi connectivity index (χ3v) is 6.07. The number of hydrogen-bond donors (Lipinski definition) is 1. The fraction of sp³-hybridized carbons (Fsp3) is 0.130. The van der Waals surface area contributed by atoms with E-state index >= 15 is 0 Å². The molecule has 0 aliphatic rings. The molecule has 0 spiro atoms.